The molecule has 1 heterocycles. The molecule has 0 aromatic heterocycles. The molecule has 1 aliphatic carbocycles. The molecule has 0 aromatic rings. The molecule has 2 fully saturated rings. The molecule has 0 spiro atoms. The van der Waals surface area contributed by atoms with Crippen LogP contribution in [0.15, 0.2) is 0 Å². The maximum atomic E-state index is 11.9. The third-order valence-corrected chi connectivity index (χ3v) is 4.61. The normalized spacial score (nSPS) is 28.1. The maximum absolute atomic E-state index is 11.9. The van der Waals surface area contributed by atoms with Crippen molar-refractivity contribution in [1.29, 1.82) is 0 Å². The molecular formula is C15H27N3O3. The van der Waals surface area contributed by atoms with Crippen molar-refractivity contribution in [1.82, 2.24) is 15.5 Å². The first-order valence-corrected chi connectivity index (χ1v) is 8.05. The van der Waals surface area contributed by atoms with Crippen LogP contribution in [0.1, 0.15) is 45.4 Å². The van der Waals surface area contributed by atoms with Crippen molar-refractivity contribution in [3.05, 3.63) is 0 Å². The minimum Gasteiger partial charge on any atom is -0.393 e. The summed E-state index contributed by atoms with van der Waals surface area (Å²) in [5, 5.41) is 14.7. The summed E-state index contributed by atoms with van der Waals surface area (Å²) in [5.74, 6) is 0.204. The molecule has 0 aromatic carbocycles. The van der Waals surface area contributed by atoms with Crippen LogP contribution in [0.5, 0.6) is 0 Å². The number of aliphatic hydroxyl groups excluding tert-OH is 1. The van der Waals surface area contributed by atoms with E-state index in [1.165, 1.54) is 6.42 Å². The van der Waals surface area contributed by atoms with E-state index < -0.39 is 0 Å². The fourth-order valence-corrected chi connectivity index (χ4v) is 3.18. The molecule has 0 radical (unpaired) electrons. The molecule has 3 amide bonds. The predicted octanol–water partition coefficient (Wildman–Crippen LogP) is 0.848. The molecule has 2 rings (SSSR count). The van der Waals surface area contributed by atoms with Crippen LogP contribution in [0.25, 0.3) is 0 Å². The monoisotopic (exact) mass is 297 g/mol. The van der Waals surface area contributed by atoms with Crippen molar-refractivity contribution < 1.29 is 14.7 Å². The maximum Gasteiger partial charge on any atom is 0.321 e. The average Bonchev–Trinajstić information content (AvgIpc) is 2.44. The minimum atomic E-state index is -0.379. The van der Waals surface area contributed by atoms with Gasteiger partial charge in [0.15, 0.2) is 0 Å². The highest BCUT2D eigenvalue weighted by molar-refractivity contribution is 5.95. The van der Waals surface area contributed by atoms with E-state index >= 15 is 0 Å². The molecule has 6 heteroatoms. The molecule has 2 aliphatic rings. The summed E-state index contributed by atoms with van der Waals surface area (Å²) in [7, 11) is 0. The lowest BCUT2D eigenvalue weighted by Crippen LogP contribution is -2.50. The van der Waals surface area contributed by atoms with Gasteiger partial charge in [0.25, 0.3) is 0 Å². The number of urea groups is 1. The summed E-state index contributed by atoms with van der Waals surface area (Å²) in [6.07, 6.45) is 5.63. The summed E-state index contributed by atoms with van der Waals surface area (Å²) in [6.45, 7) is 3.77. The number of rotatable bonds is 3. The van der Waals surface area contributed by atoms with Crippen LogP contribution < -0.4 is 10.6 Å². The van der Waals surface area contributed by atoms with E-state index in [2.05, 4.69) is 17.6 Å². The third kappa shape index (κ3) is 5.28. The minimum absolute atomic E-state index is 0.177. The zero-order valence-electron chi connectivity index (χ0n) is 12.8. The molecule has 2 atom stereocenters. The Morgan fingerprint density at radius 3 is 2.48 bits per heavy atom. The van der Waals surface area contributed by atoms with Gasteiger partial charge < -0.3 is 10.4 Å². The Bertz CT molecular complexity index is 367. The van der Waals surface area contributed by atoms with E-state index in [1.807, 2.05) is 4.90 Å². The van der Waals surface area contributed by atoms with Crippen molar-refractivity contribution in [3.8, 4) is 0 Å². The van der Waals surface area contributed by atoms with Crippen molar-refractivity contribution in [3.63, 3.8) is 0 Å². The van der Waals surface area contributed by atoms with Gasteiger partial charge in [-0.05, 0) is 31.6 Å². The van der Waals surface area contributed by atoms with Crippen LogP contribution in [-0.2, 0) is 4.79 Å². The van der Waals surface area contributed by atoms with Crippen molar-refractivity contribution in [2.75, 3.05) is 19.6 Å². The van der Waals surface area contributed by atoms with Crippen molar-refractivity contribution in [2.24, 2.45) is 5.92 Å². The lowest BCUT2D eigenvalue weighted by atomic mass is 9.86. The Morgan fingerprint density at radius 2 is 1.81 bits per heavy atom. The lowest BCUT2D eigenvalue weighted by molar-refractivity contribution is -0.121. The third-order valence-electron chi connectivity index (χ3n) is 4.61. The number of imide groups is 1. The second-order valence-corrected chi connectivity index (χ2v) is 6.40. The molecular weight excluding hydrogens is 270 g/mol. The average molecular weight is 297 g/mol. The Morgan fingerprint density at radius 1 is 1.14 bits per heavy atom. The molecule has 6 nitrogen and oxygen atoms in total. The zero-order chi connectivity index (χ0) is 15.2. The number of aliphatic hydroxyl groups is 1. The van der Waals surface area contributed by atoms with E-state index in [9.17, 15) is 14.7 Å². The van der Waals surface area contributed by atoms with Crippen molar-refractivity contribution in [2.45, 2.75) is 57.6 Å². The number of amides is 3. The van der Waals surface area contributed by atoms with Gasteiger partial charge >= 0.3 is 6.03 Å². The molecule has 0 bridgehead atoms. The summed E-state index contributed by atoms with van der Waals surface area (Å²) in [6, 6.07) is -0.201. The van der Waals surface area contributed by atoms with E-state index in [-0.39, 0.29) is 30.6 Å². The van der Waals surface area contributed by atoms with Crippen LogP contribution >= 0.6 is 0 Å². The van der Waals surface area contributed by atoms with Gasteiger partial charge in [0.2, 0.25) is 5.91 Å². The largest absolute Gasteiger partial charge is 0.393 e. The highest BCUT2D eigenvalue weighted by atomic mass is 16.3. The summed E-state index contributed by atoms with van der Waals surface area (Å²) >= 11 is 0. The second-order valence-electron chi connectivity index (χ2n) is 6.40. The molecule has 120 valence electrons. The fraction of sp³-hybridized carbons (Fsp3) is 0.867. The Hall–Kier alpha value is -1.14. The number of carbonyl (C=O) groups excluding carboxylic acids is 2. The van der Waals surface area contributed by atoms with Gasteiger partial charge in [-0.25, -0.2) is 4.79 Å². The molecule has 1 saturated carbocycles. The van der Waals surface area contributed by atoms with Gasteiger partial charge in [-0.3, -0.25) is 15.0 Å². The molecule has 2 unspecified atom stereocenters. The first-order chi connectivity index (χ1) is 10.0. The molecule has 1 saturated heterocycles. The number of carbonyl (C=O) groups is 2. The number of likely N-dealkylation sites (tertiary alicyclic amines) is 1. The van der Waals surface area contributed by atoms with Gasteiger partial charge in [0.05, 0.1) is 12.6 Å². The molecule has 1 aliphatic heterocycles. The van der Waals surface area contributed by atoms with Crippen LogP contribution in [0.2, 0.25) is 0 Å². The SMILES string of the molecule is CC1CCCCC1NC(=O)NC(=O)CN1CCC(O)CC1. The standard InChI is InChI=1S/C15H27N3O3/c1-11-4-2-3-5-13(11)16-15(21)17-14(20)10-18-8-6-12(19)7-9-18/h11-13,19H,2-10H2,1H3,(H2,16,17,20,21). The summed E-state index contributed by atoms with van der Waals surface area (Å²) < 4.78 is 0. The highest BCUT2D eigenvalue weighted by Gasteiger charge is 2.24. The number of nitrogens with one attached hydrogen (secondary N) is 2. The van der Waals surface area contributed by atoms with E-state index in [4.69, 9.17) is 0 Å². The quantitative estimate of drug-likeness (QED) is 0.721. The van der Waals surface area contributed by atoms with Crippen LogP contribution in [0.4, 0.5) is 4.79 Å². The summed E-state index contributed by atoms with van der Waals surface area (Å²) in [4.78, 5) is 25.7. The second kappa shape index (κ2) is 7.75. The highest BCUT2D eigenvalue weighted by Crippen LogP contribution is 2.23. The number of hydrogen-bond donors (Lipinski definition) is 3. The lowest BCUT2D eigenvalue weighted by Gasteiger charge is -2.30. The zero-order valence-corrected chi connectivity index (χ0v) is 12.8. The first kappa shape index (κ1) is 16.2. The summed E-state index contributed by atoms with van der Waals surface area (Å²) in [5.41, 5.74) is 0. The van der Waals surface area contributed by atoms with Crippen molar-refractivity contribution >= 4 is 11.9 Å². The van der Waals surface area contributed by atoms with Crippen LogP contribution in [0, 0.1) is 5.92 Å². The van der Waals surface area contributed by atoms with Crippen LogP contribution in [0.3, 0.4) is 0 Å². The van der Waals surface area contributed by atoms with Gasteiger partial charge in [0, 0.05) is 19.1 Å². The Labute approximate surface area is 126 Å². The Kier molecular flexibility index (Phi) is 5.99. The number of nitrogens with zero attached hydrogens (tertiary/aromatic N) is 1. The number of piperidine rings is 1. The first-order valence-electron chi connectivity index (χ1n) is 8.05. The smallest absolute Gasteiger partial charge is 0.321 e. The predicted molar refractivity (Wildman–Crippen MR) is 79.8 cm³/mol. The van der Waals surface area contributed by atoms with Gasteiger partial charge in [0.1, 0.15) is 0 Å². The van der Waals surface area contributed by atoms with Crippen LogP contribution in [-0.4, -0.2) is 53.7 Å². The van der Waals surface area contributed by atoms with E-state index in [1.54, 1.807) is 0 Å². The van der Waals surface area contributed by atoms with E-state index in [0.717, 1.165) is 19.3 Å². The topological polar surface area (TPSA) is 81.7 Å². The van der Waals surface area contributed by atoms with Gasteiger partial charge in [-0.2, -0.15) is 0 Å². The van der Waals surface area contributed by atoms with Gasteiger partial charge in [-0.1, -0.05) is 19.8 Å². The Balaban J connectivity index is 1.68. The molecule has 3 N–H and O–H groups in total. The molecule has 21 heavy (non-hydrogen) atoms. The fourth-order valence-electron chi connectivity index (χ4n) is 3.18. The van der Waals surface area contributed by atoms with E-state index in [0.29, 0.717) is 31.8 Å². The number of hydrogen-bond acceptors (Lipinski definition) is 4. The van der Waals surface area contributed by atoms with Gasteiger partial charge in [-0.15, -0.1) is 0 Å².